The third kappa shape index (κ3) is 3.43. The summed E-state index contributed by atoms with van der Waals surface area (Å²) < 4.78 is 19.4. The van der Waals surface area contributed by atoms with Gasteiger partial charge in [0.25, 0.3) is 0 Å². The number of halogens is 2. The Morgan fingerprint density at radius 1 is 1.48 bits per heavy atom. The van der Waals surface area contributed by atoms with E-state index < -0.39 is 16.4 Å². The summed E-state index contributed by atoms with van der Waals surface area (Å²) in [7, 11) is 0. The zero-order valence-electron chi connectivity index (χ0n) is 10.8. The van der Waals surface area contributed by atoms with Gasteiger partial charge in [-0.15, -0.1) is 0 Å². The van der Waals surface area contributed by atoms with Crippen LogP contribution in [0.3, 0.4) is 0 Å². The summed E-state index contributed by atoms with van der Waals surface area (Å²) in [6.07, 6.45) is 1.29. The molecule has 0 saturated heterocycles. The molecule has 0 unspecified atom stereocenters. The summed E-state index contributed by atoms with van der Waals surface area (Å²) in [5.41, 5.74) is -0.613. The summed E-state index contributed by atoms with van der Waals surface area (Å²) in [5.74, 6) is -0.173. The Morgan fingerprint density at radius 2 is 2.24 bits per heavy atom. The van der Waals surface area contributed by atoms with Crippen LogP contribution in [0.1, 0.15) is 6.92 Å². The molecule has 2 rings (SSSR count). The van der Waals surface area contributed by atoms with Crippen LogP contribution in [0.4, 0.5) is 15.9 Å². The van der Waals surface area contributed by atoms with E-state index in [-0.39, 0.29) is 11.6 Å². The fraction of sp³-hybridized carbons (Fsp3) is 0.167. The monoisotopic (exact) mass is 356 g/mol. The number of nitrogens with zero attached hydrogens (tertiary/aromatic N) is 3. The SMILES string of the molecule is CCNc1ncnc(Oc2ccc([N+](=O)[O-])c(F)c2)c1Br. The minimum Gasteiger partial charge on any atom is -0.438 e. The lowest BCUT2D eigenvalue weighted by molar-refractivity contribution is -0.387. The Kier molecular flexibility index (Phi) is 4.63. The average molecular weight is 357 g/mol. The van der Waals surface area contributed by atoms with Crippen molar-refractivity contribution in [3.8, 4) is 11.6 Å². The molecular formula is C12H10BrFN4O3. The van der Waals surface area contributed by atoms with Crippen LogP contribution in [0.25, 0.3) is 0 Å². The van der Waals surface area contributed by atoms with Gasteiger partial charge in [-0.3, -0.25) is 10.1 Å². The Balaban J connectivity index is 2.28. The number of nitro benzene ring substituents is 1. The van der Waals surface area contributed by atoms with Gasteiger partial charge in [-0.1, -0.05) is 0 Å². The molecule has 9 heteroatoms. The van der Waals surface area contributed by atoms with E-state index in [1.807, 2.05) is 6.92 Å². The van der Waals surface area contributed by atoms with Crippen molar-refractivity contribution in [2.75, 3.05) is 11.9 Å². The maximum absolute atomic E-state index is 13.5. The second-order valence-electron chi connectivity index (χ2n) is 3.84. The number of ether oxygens (including phenoxy) is 1. The Bertz CT molecular complexity index is 684. The average Bonchev–Trinajstić information content (AvgIpc) is 2.43. The molecule has 1 N–H and O–H groups in total. The van der Waals surface area contributed by atoms with E-state index in [1.54, 1.807) is 0 Å². The van der Waals surface area contributed by atoms with Gasteiger partial charge in [0.1, 0.15) is 22.4 Å². The first-order chi connectivity index (χ1) is 10.0. The molecule has 0 saturated carbocycles. The van der Waals surface area contributed by atoms with E-state index in [4.69, 9.17) is 4.74 Å². The summed E-state index contributed by atoms with van der Waals surface area (Å²) in [6, 6.07) is 3.26. The Hall–Kier alpha value is -2.29. The normalized spacial score (nSPS) is 10.2. The second-order valence-corrected chi connectivity index (χ2v) is 4.64. The fourth-order valence-electron chi connectivity index (χ4n) is 1.53. The van der Waals surface area contributed by atoms with Crippen molar-refractivity contribution >= 4 is 27.4 Å². The molecular weight excluding hydrogens is 347 g/mol. The van der Waals surface area contributed by atoms with Crippen molar-refractivity contribution in [1.29, 1.82) is 0 Å². The summed E-state index contributed by atoms with van der Waals surface area (Å²) in [4.78, 5) is 17.7. The van der Waals surface area contributed by atoms with Gasteiger partial charge in [0.2, 0.25) is 11.7 Å². The molecule has 0 bridgehead atoms. The van der Waals surface area contributed by atoms with Crippen LogP contribution in [0.15, 0.2) is 29.0 Å². The van der Waals surface area contributed by atoms with Crippen molar-refractivity contribution in [3.63, 3.8) is 0 Å². The zero-order chi connectivity index (χ0) is 15.4. The highest BCUT2D eigenvalue weighted by Crippen LogP contribution is 2.33. The van der Waals surface area contributed by atoms with Crippen LogP contribution in [-0.2, 0) is 0 Å². The number of anilines is 1. The third-order valence-electron chi connectivity index (χ3n) is 2.43. The zero-order valence-corrected chi connectivity index (χ0v) is 12.4. The fourth-order valence-corrected chi connectivity index (χ4v) is 1.95. The molecule has 0 aliphatic heterocycles. The lowest BCUT2D eigenvalue weighted by atomic mass is 10.3. The molecule has 0 amide bonds. The topological polar surface area (TPSA) is 90.2 Å². The van der Waals surface area contributed by atoms with Crippen molar-refractivity contribution in [2.45, 2.75) is 6.92 Å². The summed E-state index contributed by atoms with van der Waals surface area (Å²) >= 11 is 3.28. The Labute approximate surface area is 127 Å². The van der Waals surface area contributed by atoms with E-state index in [0.717, 1.165) is 12.1 Å². The van der Waals surface area contributed by atoms with Crippen LogP contribution in [-0.4, -0.2) is 21.4 Å². The highest BCUT2D eigenvalue weighted by Gasteiger charge is 2.16. The lowest BCUT2D eigenvalue weighted by Crippen LogP contribution is -2.02. The molecule has 0 aliphatic rings. The number of benzene rings is 1. The lowest BCUT2D eigenvalue weighted by Gasteiger charge is -2.09. The smallest absolute Gasteiger partial charge is 0.305 e. The van der Waals surface area contributed by atoms with Crippen molar-refractivity contribution < 1.29 is 14.1 Å². The van der Waals surface area contributed by atoms with Gasteiger partial charge in [-0.05, 0) is 28.9 Å². The van der Waals surface area contributed by atoms with E-state index in [1.165, 1.54) is 12.4 Å². The first-order valence-corrected chi connectivity index (χ1v) is 6.68. The van der Waals surface area contributed by atoms with Gasteiger partial charge < -0.3 is 10.1 Å². The first-order valence-electron chi connectivity index (χ1n) is 5.89. The minimum atomic E-state index is -0.977. The first kappa shape index (κ1) is 15.1. The minimum absolute atomic E-state index is 0.0972. The maximum atomic E-state index is 13.5. The number of rotatable bonds is 5. The van der Waals surface area contributed by atoms with Crippen LogP contribution < -0.4 is 10.1 Å². The van der Waals surface area contributed by atoms with Crippen LogP contribution in [0, 0.1) is 15.9 Å². The molecule has 2 aromatic rings. The molecule has 0 fully saturated rings. The van der Waals surface area contributed by atoms with E-state index in [9.17, 15) is 14.5 Å². The van der Waals surface area contributed by atoms with Crippen LogP contribution in [0.2, 0.25) is 0 Å². The third-order valence-corrected chi connectivity index (χ3v) is 3.15. The number of nitro groups is 1. The van der Waals surface area contributed by atoms with Gasteiger partial charge in [0, 0.05) is 18.7 Å². The van der Waals surface area contributed by atoms with Gasteiger partial charge in [-0.25, -0.2) is 9.97 Å². The Morgan fingerprint density at radius 3 is 2.86 bits per heavy atom. The van der Waals surface area contributed by atoms with E-state index in [0.29, 0.717) is 16.8 Å². The predicted octanol–water partition coefficient (Wildman–Crippen LogP) is 3.51. The molecule has 0 radical (unpaired) electrons. The van der Waals surface area contributed by atoms with Crippen molar-refractivity contribution in [2.24, 2.45) is 0 Å². The highest BCUT2D eigenvalue weighted by molar-refractivity contribution is 9.10. The van der Waals surface area contributed by atoms with Gasteiger partial charge >= 0.3 is 5.69 Å². The predicted molar refractivity (Wildman–Crippen MR) is 77.0 cm³/mol. The van der Waals surface area contributed by atoms with Gasteiger partial charge in [-0.2, -0.15) is 4.39 Å². The number of nitrogens with one attached hydrogen (secondary N) is 1. The van der Waals surface area contributed by atoms with Crippen molar-refractivity contribution in [3.05, 3.63) is 44.9 Å². The molecule has 0 aliphatic carbocycles. The molecule has 0 spiro atoms. The van der Waals surface area contributed by atoms with E-state index >= 15 is 0 Å². The summed E-state index contributed by atoms with van der Waals surface area (Å²) in [6.45, 7) is 2.56. The molecule has 1 aromatic heterocycles. The van der Waals surface area contributed by atoms with Gasteiger partial charge in [0.05, 0.1) is 4.92 Å². The van der Waals surface area contributed by atoms with E-state index in [2.05, 4.69) is 31.2 Å². The number of hydrogen-bond acceptors (Lipinski definition) is 6. The number of hydrogen-bond donors (Lipinski definition) is 1. The van der Waals surface area contributed by atoms with Crippen LogP contribution >= 0.6 is 15.9 Å². The second kappa shape index (κ2) is 6.44. The molecule has 1 heterocycles. The highest BCUT2D eigenvalue weighted by atomic mass is 79.9. The standard InChI is InChI=1S/C12H10BrFN4O3/c1-2-15-11-10(13)12(17-6-16-11)21-7-3-4-9(18(19)20)8(14)5-7/h3-6H,2H2,1H3,(H,15,16,17). The largest absolute Gasteiger partial charge is 0.438 e. The number of aromatic nitrogens is 2. The molecule has 7 nitrogen and oxygen atoms in total. The molecule has 110 valence electrons. The quantitative estimate of drug-likeness (QED) is 0.651. The van der Waals surface area contributed by atoms with Crippen LogP contribution in [0.5, 0.6) is 11.6 Å². The molecule has 21 heavy (non-hydrogen) atoms. The van der Waals surface area contributed by atoms with Gasteiger partial charge in [0.15, 0.2) is 0 Å². The maximum Gasteiger partial charge on any atom is 0.305 e. The molecule has 1 aromatic carbocycles. The summed E-state index contributed by atoms with van der Waals surface area (Å²) in [5, 5.41) is 13.5. The van der Waals surface area contributed by atoms with Crippen molar-refractivity contribution in [1.82, 2.24) is 9.97 Å². The molecule has 0 atom stereocenters.